The van der Waals surface area contributed by atoms with Gasteiger partial charge in [0.1, 0.15) is 11.4 Å². The summed E-state index contributed by atoms with van der Waals surface area (Å²) in [5.41, 5.74) is -0.907. The molecule has 134 valence electrons. The predicted octanol–water partition coefficient (Wildman–Crippen LogP) is 4.19. The maximum atomic E-state index is 12.5. The first-order valence-corrected chi connectivity index (χ1v) is 7.06. The van der Waals surface area contributed by atoms with Crippen LogP contribution in [0, 0.1) is 0 Å². The number of alkyl halides is 5. The summed E-state index contributed by atoms with van der Waals surface area (Å²) in [7, 11) is 0. The van der Waals surface area contributed by atoms with Crippen molar-refractivity contribution < 1.29 is 31.5 Å². The summed E-state index contributed by atoms with van der Waals surface area (Å²) in [4.78, 5) is 15.3. The molecule has 1 aromatic heterocycles. The van der Waals surface area contributed by atoms with E-state index in [2.05, 4.69) is 15.0 Å². The van der Waals surface area contributed by atoms with Crippen molar-refractivity contribution in [3.63, 3.8) is 0 Å². The van der Waals surface area contributed by atoms with Crippen LogP contribution in [-0.4, -0.2) is 17.5 Å². The molecule has 9 heteroatoms. The standard InChI is InChI=1S/C16H13F5N2O2/c1-9(11-4-2-3-5-12(11)25-15(17)18)23-14(24)10-6-7-13(22-8-10)16(19,20)21/h2-9,15H,1H3,(H,23,24)/t9-/m1/s1. The maximum Gasteiger partial charge on any atom is 0.433 e. The first-order chi connectivity index (χ1) is 11.7. The Kier molecular flexibility index (Phi) is 5.55. The van der Waals surface area contributed by atoms with Crippen LogP contribution in [0.3, 0.4) is 0 Å². The number of pyridine rings is 1. The van der Waals surface area contributed by atoms with E-state index in [0.717, 1.165) is 12.3 Å². The van der Waals surface area contributed by atoms with E-state index >= 15 is 0 Å². The number of hydrogen-bond donors (Lipinski definition) is 1. The zero-order chi connectivity index (χ0) is 18.6. The minimum atomic E-state index is -4.60. The van der Waals surface area contributed by atoms with Gasteiger partial charge >= 0.3 is 12.8 Å². The highest BCUT2D eigenvalue weighted by Gasteiger charge is 2.32. The molecule has 25 heavy (non-hydrogen) atoms. The molecule has 2 rings (SSSR count). The molecular weight excluding hydrogens is 347 g/mol. The Bertz CT molecular complexity index is 732. The average Bonchev–Trinajstić information content (AvgIpc) is 2.54. The highest BCUT2D eigenvalue weighted by atomic mass is 19.4. The minimum Gasteiger partial charge on any atom is -0.434 e. The van der Waals surface area contributed by atoms with Crippen molar-refractivity contribution in [2.24, 2.45) is 0 Å². The smallest absolute Gasteiger partial charge is 0.433 e. The molecule has 0 aliphatic rings. The zero-order valence-corrected chi connectivity index (χ0v) is 12.8. The molecule has 1 heterocycles. The Morgan fingerprint density at radius 2 is 1.84 bits per heavy atom. The van der Waals surface area contributed by atoms with Gasteiger partial charge in [-0.2, -0.15) is 22.0 Å². The van der Waals surface area contributed by atoms with Crippen molar-refractivity contribution in [2.75, 3.05) is 0 Å². The molecule has 0 bridgehead atoms. The number of amides is 1. The van der Waals surface area contributed by atoms with Crippen molar-refractivity contribution in [2.45, 2.75) is 25.8 Å². The second-order valence-corrected chi connectivity index (χ2v) is 5.04. The Labute approximate surface area is 139 Å². The lowest BCUT2D eigenvalue weighted by atomic mass is 10.1. The second kappa shape index (κ2) is 7.45. The number of ether oxygens (including phenoxy) is 1. The summed E-state index contributed by atoms with van der Waals surface area (Å²) in [6.07, 6.45) is -3.81. The van der Waals surface area contributed by atoms with Crippen LogP contribution in [0.2, 0.25) is 0 Å². The number of nitrogens with zero attached hydrogens (tertiary/aromatic N) is 1. The summed E-state index contributed by atoms with van der Waals surface area (Å²) < 4.78 is 66.6. The van der Waals surface area contributed by atoms with E-state index in [1.165, 1.54) is 25.1 Å². The van der Waals surface area contributed by atoms with Crippen LogP contribution in [0.15, 0.2) is 42.6 Å². The van der Waals surface area contributed by atoms with Crippen molar-refractivity contribution in [1.82, 2.24) is 10.3 Å². The molecule has 1 N–H and O–H groups in total. The molecule has 1 amide bonds. The van der Waals surface area contributed by atoms with Gasteiger partial charge in [-0.05, 0) is 25.1 Å². The Morgan fingerprint density at radius 3 is 2.40 bits per heavy atom. The fraction of sp³-hybridized carbons (Fsp3) is 0.250. The monoisotopic (exact) mass is 360 g/mol. The number of hydrogen-bond acceptors (Lipinski definition) is 3. The summed E-state index contributed by atoms with van der Waals surface area (Å²) in [5.74, 6) is -0.795. The van der Waals surface area contributed by atoms with Crippen LogP contribution in [0.1, 0.15) is 34.6 Å². The number of carbonyl (C=O) groups is 1. The van der Waals surface area contributed by atoms with E-state index in [1.807, 2.05) is 0 Å². The molecule has 0 aliphatic carbocycles. The van der Waals surface area contributed by atoms with E-state index in [4.69, 9.17) is 0 Å². The van der Waals surface area contributed by atoms with Crippen molar-refractivity contribution in [3.8, 4) is 5.75 Å². The number of nitrogens with one attached hydrogen (secondary N) is 1. The Balaban J connectivity index is 2.13. The van der Waals surface area contributed by atoms with Gasteiger partial charge < -0.3 is 10.1 Å². The van der Waals surface area contributed by atoms with Gasteiger partial charge in [0, 0.05) is 11.8 Å². The Hall–Kier alpha value is -2.71. The van der Waals surface area contributed by atoms with Gasteiger partial charge in [0.15, 0.2) is 0 Å². The van der Waals surface area contributed by atoms with Gasteiger partial charge in [0.2, 0.25) is 0 Å². The molecule has 0 spiro atoms. The highest BCUT2D eigenvalue weighted by Crippen LogP contribution is 2.28. The molecule has 2 aromatic rings. The van der Waals surface area contributed by atoms with Gasteiger partial charge in [0.05, 0.1) is 11.6 Å². The third-order valence-electron chi connectivity index (χ3n) is 3.27. The largest absolute Gasteiger partial charge is 0.434 e. The first-order valence-electron chi connectivity index (χ1n) is 7.06. The predicted molar refractivity (Wildman–Crippen MR) is 78.2 cm³/mol. The average molecular weight is 360 g/mol. The number of halogens is 5. The fourth-order valence-electron chi connectivity index (χ4n) is 2.10. The first kappa shape index (κ1) is 18.6. The van der Waals surface area contributed by atoms with Crippen LogP contribution >= 0.6 is 0 Å². The quantitative estimate of drug-likeness (QED) is 0.814. The molecule has 0 fully saturated rings. The highest BCUT2D eigenvalue weighted by molar-refractivity contribution is 5.94. The summed E-state index contributed by atoms with van der Waals surface area (Å²) in [5, 5.41) is 2.50. The summed E-state index contributed by atoms with van der Waals surface area (Å²) in [6, 6.07) is 6.85. The maximum absolute atomic E-state index is 12.5. The molecule has 1 aromatic carbocycles. The van der Waals surface area contributed by atoms with Crippen LogP contribution < -0.4 is 10.1 Å². The third-order valence-corrected chi connectivity index (χ3v) is 3.27. The molecule has 0 unspecified atom stereocenters. The fourth-order valence-corrected chi connectivity index (χ4v) is 2.10. The lowest BCUT2D eigenvalue weighted by molar-refractivity contribution is -0.141. The lowest BCUT2D eigenvalue weighted by Crippen LogP contribution is -2.27. The van der Waals surface area contributed by atoms with Crippen LogP contribution in [0.5, 0.6) is 5.75 Å². The third kappa shape index (κ3) is 4.88. The normalized spacial score (nSPS) is 12.8. The second-order valence-electron chi connectivity index (χ2n) is 5.04. The Morgan fingerprint density at radius 1 is 1.16 bits per heavy atom. The molecule has 0 saturated carbocycles. The molecule has 0 radical (unpaired) electrons. The van der Waals surface area contributed by atoms with E-state index in [9.17, 15) is 26.7 Å². The number of para-hydroxylation sites is 1. The lowest BCUT2D eigenvalue weighted by Gasteiger charge is -2.18. The molecule has 0 saturated heterocycles. The number of rotatable bonds is 5. The minimum absolute atomic E-state index is 0.0906. The number of carbonyl (C=O) groups excluding carboxylic acids is 1. The van der Waals surface area contributed by atoms with E-state index in [-0.39, 0.29) is 11.3 Å². The van der Waals surface area contributed by atoms with Crippen molar-refractivity contribution in [3.05, 3.63) is 59.4 Å². The van der Waals surface area contributed by atoms with Gasteiger partial charge in [-0.15, -0.1) is 0 Å². The van der Waals surface area contributed by atoms with E-state index in [0.29, 0.717) is 11.6 Å². The van der Waals surface area contributed by atoms with Gasteiger partial charge in [-0.1, -0.05) is 18.2 Å². The van der Waals surface area contributed by atoms with E-state index in [1.54, 1.807) is 6.07 Å². The SMILES string of the molecule is C[C@@H](NC(=O)c1ccc(C(F)(F)F)nc1)c1ccccc1OC(F)F. The van der Waals surface area contributed by atoms with Crippen LogP contribution in [0.25, 0.3) is 0 Å². The van der Waals surface area contributed by atoms with Gasteiger partial charge in [0.25, 0.3) is 5.91 Å². The molecule has 1 atom stereocenters. The van der Waals surface area contributed by atoms with Gasteiger partial charge in [-0.3, -0.25) is 9.78 Å². The summed E-state index contributed by atoms with van der Waals surface area (Å²) in [6.45, 7) is -1.49. The molecular formula is C16H13F5N2O2. The van der Waals surface area contributed by atoms with Gasteiger partial charge in [-0.25, -0.2) is 0 Å². The summed E-state index contributed by atoms with van der Waals surface area (Å²) >= 11 is 0. The van der Waals surface area contributed by atoms with Crippen LogP contribution in [-0.2, 0) is 6.18 Å². The van der Waals surface area contributed by atoms with E-state index < -0.39 is 30.4 Å². The number of aromatic nitrogens is 1. The molecule has 4 nitrogen and oxygen atoms in total. The molecule has 0 aliphatic heterocycles. The van der Waals surface area contributed by atoms with Crippen molar-refractivity contribution >= 4 is 5.91 Å². The van der Waals surface area contributed by atoms with Crippen LogP contribution in [0.4, 0.5) is 22.0 Å². The topological polar surface area (TPSA) is 51.2 Å². The number of benzene rings is 1. The zero-order valence-electron chi connectivity index (χ0n) is 12.8. The van der Waals surface area contributed by atoms with Crippen molar-refractivity contribution in [1.29, 1.82) is 0 Å².